The fraction of sp³-hybridized carbons (Fsp3) is 0.700. The molecule has 4 N–H and O–H groups in total. The molecule has 0 radical (unpaired) electrons. The highest BCUT2D eigenvalue weighted by Crippen LogP contribution is 2.30. The Labute approximate surface area is 101 Å². The number of rotatable bonds is 4. The molecular formula is C10H18N4O2S. The third-order valence-electron chi connectivity index (χ3n) is 3.25. The van der Waals surface area contributed by atoms with E-state index in [4.69, 9.17) is 5.73 Å². The number of nitrogens with one attached hydrogen (secondary N) is 2. The Kier molecular flexibility index (Phi) is 3.24. The number of H-pyrrole nitrogens is 1. The maximum Gasteiger partial charge on any atom is 0.258 e. The third kappa shape index (κ3) is 2.51. The first-order chi connectivity index (χ1) is 7.97. The van der Waals surface area contributed by atoms with Gasteiger partial charge in [-0.25, -0.2) is 13.1 Å². The molecule has 0 aliphatic heterocycles. The summed E-state index contributed by atoms with van der Waals surface area (Å²) < 4.78 is 27.1. The summed E-state index contributed by atoms with van der Waals surface area (Å²) in [6.07, 6.45) is 5.32. The van der Waals surface area contributed by atoms with E-state index in [2.05, 4.69) is 14.9 Å². The smallest absolute Gasteiger partial charge is 0.258 e. The minimum Gasteiger partial charge on any atom is -0.326 e. The van der Waals surface area contributed by atoms with Crippen LogP contribution in [0.3, 0.4) is 0 Å². The lowest BCUT2D eigenvalue weighted by Gasteiger charge is -2.24. The number of nitrogens with zero attached hydrogens (tertiary/aromatic N) is 1. The standard InChI is InChI=1S/C10H18N4O2S/c1-10(4-2-3-5-10)14-17(15,16)9-8(6-11)7-12-13-9/h7,14H,2-6,11H2,1H3,(H,12,13). The summed E-state index contributed by atoms with van der Waals surface area (Å²) in [5.74, 6) is 0. The van der Waals surface area contributed by atoms with Crippen molar-refractivity contribution in [2.45, 2.75) is 49.7 Å². The minimum absolute atomic E-state index is 0.0909. The number of nitrogens with two attached hydrogens (primary N) is 1. The minimum atomic E-state index is -3.55. The number of hydrogen-bond donors (Lipinski definition) is 3. The van der Waals surface area contributed by atoms with Crippen LogP contribution >= 0.6 is 0 Å². The van der Waals surface area contributed by atoms with Gasteiger partial charge in [-0.05, 0) is 19.8 Å². The first kappa shape index (κ1) is 12.5. The fourth-order valence-corrected chi connectivity index (χ4v) is 3.92. The molecular weight excluding hydrogens is 240 g/mol. The molecule has 0 bridgehead atoms. The van der Waals surface area contributed by atoms with Crippen molar-refractivity contribution in [1.82, 2.24) is 14.9 Å². The van der Waals surface area contributed by atoms with Crippen molar-refractivity contribution in [3.05, 3.63) is 11.8 Å². The third-order valence-corrected chi connectivity index (χ3v) is 4.91. The van der Waals surface area contributed by atoms with Crippen molar-refractivity contribution in [2.75, 3.05) is 0 Å². The molecule has 0 spiro atoms. The largest absolute Gasteiger partial charge is 0.326 e. The second-order valence-electron chi connectivity index (χ2n) is 4.80. The number of hydrogen-bond acceptors (Lipinski definition) is 4. The van der Waals surface area contributed by atoms with E-state index in [9.17, 15) is 8.42 Å². The van der Waals surface area contributed by atoms with Crippen LogP contribution in [0.15, 0.2) is 11.2 Å². The summed E-state index contributed by atoms with van der Waals surface area (Å²) in [4.78, 5) is 0. The molecule has 0 unspecified atom stereocenters. The van der Waals surface area contributed by atoms with Gasteiger partial charge in [0.2, 0.25) is 0 Å². The summed E-state index contributed by atoms with van der Waals surface area (Å²) in [5, 5.41) is 6.33. The molecule has 17 heavy (non-hydrogen) atoms. The Balaban J connectivity index is 2.25. The van der Waals surface area contributed by atoms with Crippen LogP contribution in [-0.2, 0) is 16.6 Å². The van der Waals surface area contributed by atoms with E-state index in [1.807, 2.05) is 6.92 Å². The van der Waals surface area contributed by atoms with Gasteiger partial charge in [0.15, 0.2) is 5.03 Å². The lowest BCUT2D eigenvalue weighted by molar-refractivity contribution is 0.426. The van der Waals surface area contributed by atoms with Crippen molar-refractivity contribution in [1.29, 1.82) is 0 Å². The average Bonchev–Trinajstić information content (AvgIpc) is 2.85. The van der Waals surface area contributed by atoms with Crippen molar-refractivity contribution in [3.8, 4) is 0 Å². The van der Waals surface area contributed by atoms with Gasteiger partial charge in [-0.15, -0.1) is 0 Å². The van der Waals surface area contributed by atoms with Crippen LogP contribution in [0.1, 0.15) is 38.2 Å². The van der Waals surface area contributed by atoms with Gasteiger partial charge in [0.25, 0.3) is 10.0 Å². The van der Waals surface area contributed by atoms with Gasteiger partial charge in [0.1, 0.15) is 0 Å². The van der Waals surface area contributed by atoms with Crippen LogP contribution in [0.4, 0.5) is 0 Å². The zero-order valence-corrected chi connectivity index (χ0v) is 10.7. The van der Waals surface area contributed by atoms with Crippen molar-refractivity contribution >= 4 is 10.0 Å². The van der Waals surface area contributed by atoms with E-state index in [0.717, 1.165) is 25.7 Å². The Morgan fingerprint density at radius 3 is 2.76 bits per heavy atom. The van der Waals surface area contributed by atoms with Crippen molar-refractivity contribution in [3.63, 3.8) is 0 Å². The molecule has 6 nitrogen and oxygen atoms in total. The molecule has 1 heterocycles. The fourth-order valence-electron chi connectivity index (χ4n) is 2.31. The van der Waals surface area contributed by atoms with E-state index in [0.29, 0.717) is 5.56 Å². The van der Waals surface area contributed by atoms with Gasteiger partial charge in [-0.3, -0.25) is 5.10 Å². The first-order valence-corrected chi connectivity index (χ1v) is 7.21. The molecule has 96 valence electrons. The first-order valence-electron chi connectivity index (χ1n) is 5.73. The maximum absolute atomic E-state index is 12.2. The Morgan fingerprint density at radius 1 is 1.53 bits per heavy atom. The number of aromatic amines is 1. The Hall–Kier alpha value is -0.920. The summed E-state index contributed by atoms with van der Waals surface area (Å²) >= 11 is 0. The Morgan fingerprint density at radius 2 is 2.18 bits per heavy atom. The molecule has 0 atom stereocenters. The number of sulfonamides is 1. The van der Waals surface area contributed by atoms with Gasteiger partial charge in [-0.1, -0.05) is 12.8 Å². The highest BCUT2D eigenvalue weighted by Gasteiger charge is 2.34. The highest BCUT2D eigenvalue weighted by atomic mass is 32.2. The molecule has 2 rings (SSSR count). The van der Waals surface area contributed by atoms with E-state index in [1.54, 1.807) is 0 Å². The SMILES string of the molecule is CC1(NS(=O)(=O)c2[nH]ncc2CN)CCCC1. The predicted molar refractivity (Wildman–Crippen MR) is 63.7 cm³/mol. The van der Waals surface area contributed by atoms with Gasteiger partial charge in [0.05, 0.1) is 6.20 Å². The average molecular weight is 258 g/mol. The van der Waals surface area contributed by atoms with Gasteiger partial charge in [0, 0.05) is 17.6 Å². The van der Waals surface area contributed by atoms with Gasteiger partial charge < -0.3 is 5.73 Å². The molecule has 7 heteroatoms. The zero-order valence-electron chi connectivity index (χ0n) is 9.86. The quantitative estimate of drug-likeness (QED) is 0.731. The molecule has 1 aliphatic carbocycles. The van der Waals surface area contributed by atoms with E-state index in [1.165, 1.54) is 6.20 Å². The lowest BCUT2D eigenvalue weighted by atomic mass is 10.0. The molecule has 1 aromatic heterocycles. The molecule has 1 fully saturated rings. The zero-order chi connectivity index (χ0) is 12.5. The molecule has 1 saturated carbocycles. The summed E-state index contributed by atoms with van der Waals surface area (Å²) in [5.41, 5.74) is 5.66. The highest BCUT2D eigenvalue weighted by molar-refractivity contribution is 7.89. The monoisotopic (exact) mass is 258 g/mol. The number of aromatic nitrogens is 2. The van der Waals surface area contributed by atoms with Crippen LogP contribution in [-0.4, -0.2) is 24.2 Å². The predicted octanol–water partition coefficient (Wildman–Crippen LogP) is 0.479. The molecule has 1 aromatic rings. The normalized spacial score (nSPS) is 19.6. The second kappa shape index (κ2) is 4.40. The summed E-state index contributed by atoms with van der Waals surface area (Å²) in [6, 6.07) is 0. The molecule has 1 aliphatic rings. The van der Waals surface area contributed by atoms with E-state index >= 15 is 0 Å². The van der Waals surface area contributed by atoms with E-state index in [-0.39, 0.29) is 17.1 Å². The molecule has 0 aromatic carbocycles. The van der Waals surface area contributed by atoms with Crippen LogP contribution in [0.2, 0.25) is 0 Å². The topological polar surface area (TPSA) is 101 Å². The van der Waals surface area contributed by atoms with Gasteiger partial charge >= 0.3 is 0 Å². The van der Waals surface area contributed by atoms with Gasteiger partial charge in [-0.2, -0.15) is 5.10 Å². The maximum atomic E-state index is 12.2. The van der Waals surface area contributed by atoms with Crippen LogP contribution < -0.4 is 10.5 Å². The van der Waals surface area contributed by atoms with Crippen LogP contribution in [0.5, 0.6) is 0 Å². The van der Waals surface area contributed by atoms with Crippen molar-refractivity contribution in [2.24, 2.45) is 5.73 Å². The van der Waals surface area contributed by atoms with Crippen LogP contribution in [0, 0.1) is 0 Å². The lowest BCUT2D eigenvalue weighted by Crippen LogP contribution is -2.43. The van der Waals surface area contributed by atoms with Crippen molar-refractivity contribution < 1.29 is 8.42 Å². The Bertz CT molecular complexity index is 488. The molecule has 0 saturated heterocycles. The summed E-state index contributed by atoms with van der Waals surface area (Å²) in [7, 11) is -3.55. The summed E-state index contributed by atoms with van der Waals surface area (Å²) in [6.45, 7) is 2.10. The van der Waals surface area contributed by atoms with E-state index < -0.39 is 10.0 Å². The molecule has 0 amide bonds. The van der Waals surface area contributed by atoms with Crippen LogP contribution in [0.25, 0.3) is 0 Å². The second-order valence-corrected chi connectivity index (χ2v) is 6.42.